The number of pyridine rings is 1. The first-order chi connectivity index (χ1) is 37.1. The molecule has 78 heavy (non-hydrogen) atoms. The SMILES string of the molecule is CC(C)C.CC[C@H](C)[C@H](NC(=O)[C@H](CC(C)C)NC(=O)C1(NC(=O)CCSCc2cccc(CSCCC(=O)NC3CCN(CC(=O)NC)CC3)n2)CCOCC1)C(N)=O.CO.NC(=O)CCCC(=O)NCCCCCCO. The normalized spacial score (nSPS) is 15.2. The maximum Gasteiger partial charge on any atom is 0.246 e. The van der Waals surface area contributed by atoms with Gasteiger partial charge in [-0.3, -0.25) is 48.2 Å². The zero-order chi connectivity index (χ0) is 58.9. The molecule has 448 valence electrons. The predicted octanol–water partition coefficient (Wildman–Crippen LogP) is 3.45. The Bertz CT molecular complexity index is 1880. The third-order valence-corrected chi connectivity index (χ3v) is 14.4. The Hall–Kier alpha value is -4.55. The first-order valence-corrected chi connectivity index (χ1v) is 30.2. The van der Waals surface area contributed by atoms with Gasteiger partial charge < -0.3 is 58.3 Å². The van der Waals surface area contributed by atoms with Crippen molar-refractivity contribution in [3.8, 4) is 0 Å². The number of rotatable bonds is 33. The smallest absolute Gasteiger partial charge is 0.246 e. The molecule has 12 N–H and O–H groups in total. The van der Waals surface area contributed by atoms with Crippen LogP contribution in [0, 0.1) is 17.8 Å². The number of piperidine rings is 1. The number of carbonyl (C=O) groups is 8. The molecule has 2 saturated heterocycles. The van der Waals surface area contributed by atoms with Crippen molar-refractivity contribution < 1.29 is 53.3 Å². The number of aromatic nitrogens is 1. The fourth-order valence-electron chi connectivity index (χ4n) is 7.96. The fourth-order valence-corrected chi connectivity index (χ4v) is 9.65. The first-order valence-electron chi connectivity index (χ1n) is 27.9. The maximum absolute atomic E-state index is 13.9. The molecule has 0 unspecified atom stereocenters. The van der Waals surface area contributed by atoms with Crippen LogP contribution in [-0.4, -0.2) is 163 Å². The highest BCUT2D eigenvalue weighted by Gasteiger charge is 2.43. The van der Waals surface area contributed by atoms with Gasteiger partial charge in [0, 0.05) is 121 Å². The minimum atomic E-state index is -1.23. The second-order valence-corrected chi connectivity index (χ2v) is 22.9. The Balaban J connectivity index is 0.00000226. The molecule has 1 aromatic rings. The number of aliphatic hydroxyl groups excluding tert-OH is 2. The molecule has 2 fully saturated rings. The van der Waals surface area contributed by atoms with Gasteiger partial charge in [-0.1, -0.05) is 73.8 Å². The van der Waals surface area contributed by atoms with Crippen LogP contribution in [-0.2, 0) is 54.6 Å². The zero-order valence-electron chi connectivity index (χ0n) is 48.5. The van der Waals surface area contributed by atoms with Crippen LogP contribution < -0.4 is 43.4 Å². The average molecular weight is 1140 g/mol. The number of aliphatic hydroxyl groups is 2. The summed E-state index contributed by atoms with van der Waals surface area (Å²) in [6.07, 6.45) is 8.73. The number of ether oxygens (including phenoxy) is 1. The summed E-state index contributed by atoms with van der Waals surface area (Å²) in [7, 11) is 2.64. The molecule has 0 bridgehead atoms. The molecule has 0 aliphatic carbocycles. The summed E-state index contributed by atoms with van der Waals surface area (Å²) in [5.74, 6) is 1.06. The minimum Gasteiger partial charge on any atom is -0.400 e. The summed E-state index contributed by atoms with van der Waals surface area (Å²) in [6, 6.07) is 4.26. The molecule has 3 atom stereocenters. The van der Waals surface area contributed by atoms with Crippen LogP contribution in [0.4, 0.5) is 0 Å². The number of nitrogens with zero attached hydrogens (tertiary/aromatic N) is 2. The van der Waals surface area contributed by atoms with E-state index < -0.39 is 35.3 Å². The Labute approximate surface area is 474 Å². The molecule has 3 heterocycles. The van der Waals surface area contributed by atoms with Gasteiger partial charge >= 0.3 is 0 Å². The number of hydrogen-bond acceptors (Lipinski definition) is 15. The lowest BCUT2D eigenvalue weighted by Gasteiger charge is -2.38. The standard InChI is InChI=1S/C39H64N8O7S2.C11H22N2O3.C4H10.CH4O/c1-6-27(4)35(36(40)51)45-37(52)31(22-26(2)3)44-38(53)39(14-18-54-19-15-39)46-33(49)13-21-56-25-30-9-7-8-29(42-30)24-55-20-12-32(48)43-28-10-16-47(17-11-28)23-34(50)41-5;12-10(15)6-5-7-11(16)13-8-3-1-2-4-9-14;1-4(2)3;1-2/h7-9,26-28,31,35H,6,10-25H2,1-5H3,(H2,40,51)(H,41,50)(H,43,48)(H,44,53)(H,45,52)(H,46,49);14H,1-9H2,(H2,12,15)(H,13,16);4H,1-3H3;2H,1H3/t27-,31-,35-;;;/m0.../s1. The third kappa shape index (κ3) is 35.1. The second kappa shape index (κ2) is 44.2. The van der Waals surface area contributed by atoms with Crippen molar-refractivity contribution in [3.63, 3.8) is 0 Å². The van der Waals surface area contributed by atoms with E-state index in [4.69, 9.17) is 31.4 Å². The molecule has 23 heteroatoms. The molecule has 2 aliphatic heterocycles. The number of unbranched alkanes of at least 4 members (excludes halogenated alkanes) is 3. The lowest BCUT2D eigenvalue weighted by molar-refractivity contribution is -0.140. The quantitative estimate of drug-likeness (QED) is 0.0451. The molecular weight excluding hydrogens is 1040 g/mol. The summed E-state index contributed by atoms with van der Waals surface area (Å²) in [5, 5.41) is 32.7. The van der Waals surface area contributed by atoms with Gasteiger partial charge in [0.15, 0.2) is 0 Å². The second-order valence-electron chi connectivity index (χ2n) is 20.7. The van der Waals surface area contributed by atoms with Crippen molar-refractivity contribution >= 4 is 70.8 Å². The Morgan fingerprint density at radius 3 is 1.88 bits per heavy atom. The van der Waals surface area contributed by atoms with Crippen molar-refractivity contribution in [2.75, 3.05) is 71.7 Å². The van der Waals surface area contributed by atoms with Gasteiger partial charge in [-0.2, -0.15) is 23.5 Å². The number of nitrogens with two attached hydrogens (primary N) is 2. The lowest BCUT2D eigenvalue weighted by Crippen LogP contribution is -2.64. The van der Waals surface area contributed by atoms with Crippen LogP contribution in [0.2, 0.25) is 0 Å². The van der Waals surface area contributed by atoms with E-state index in [0.717, 1.165) is 76.0 Å². The van der Waals surface area contributed by atoms with E-state index in [0.29, 0.717) is 68.2 Å². The summed E-state index contributed by atoms with van der Waals surface area (Å²) in [4.78, 5) is 105. The van der Waals surface area contributed by atoms with Crippen LogP contribution in [0.25, 0.3) is 0 Å². The van der Waals surface area contributed by atoms with Gasteiger partial charge in [-0.05, 0) is 68.4 Å². The molecule has 0 saturated carbocycles. The van der Waals surface area contributed by atoms with Gasteiger partial charge in [-0.25, -0.2) is 0 Å². The zero-order valence-corrected chi connectivity index (χ0v) is 50.1. The van der Waals surface area contributed by atoms with Gasteiger partial charge in [0.2, 0.25) is 47.3 Å². The highest BCUT2D eigenvalue weighted by molar-refractivity contribution is 7.98. The fraction of sp³-hybridized carbons (Fsp3) is 0.764. The van der Waals surface area contributed by atoms with Crippen molar-refractivity contribution in [1.82, 2.24) is 41.8 Å². The van der Waals surface area contributed by atoms with E-state index in [2.05, 4.69) is 57.6 Å². The summed E-state index contributed by atoms with van der Waals surface area (Å²) >= 11 is 3.24. The number of amides is 8. The lowest BCUT2D eigenvalue weighted by atomic mass is 9.87. The van der Waals surface area contributed by atoms with E-state index in [1.54, 1.807) is 30.6 Å². The summed E-state index contributed by atoms with van der Waals surface area (Å²) in [5.41, 5.74) is 11.1. The van der Waals surface area contributed by atoms with Gasteiger partial charge in [0.05, 0.1) is 17.9 Å². The molecule has 1 aromatic heterocycles. The molecular formula is C55H100N10O11S2. The van der Waals surface area contributed by atoms with Gasteiger partial charge in [0.25, 0.3) is 0 Å². The van der Waals surface area contributed by atoms with Crippen LogP contribution >= 0.6 is 23.5 Å². The number of likely N-dealkylation sites (N-methyl/N-ethyl adjacent to an activating group) is 1. The highest BCUT2D eigenvalue weighted by Crippen LogP contribution is 2.24. The molecule has 3 rings (SSSR count). The molecule has 0 aromatic carbocycles. The Kier molecular flexibility index (Phi) is 41.6. The van der Waals surface area contributed by atoms with Crippen LogP contribution in [0.15, 0.2) is 18.2 Å². The third-order valence-electron chi connectivity index (χ3n) is 12.4. The van der Waals surface area contributed by atoms with Crippen molar-refractivity contribution in [2.24, 2.45) is 29.2 Å². The van der Waals surface area contributed by atoms with E-state index in [9.17, 15) is 38.4 Å². The Morgan fingerprint density at radius 1 is 0.782 bits per heavy atom. The number of nitrogens with one attached hydrogen (secondary N) is 6. The van der Waals surface area contributed by atoms with Gasteiger partial charge in [0.1, 0.15) is 17.6 Å². The molecule has 2 aliphatic rings. The summed E-state index contributed by atoms with van der Waals surface area (Å²) < 4.78 is 5.53. The predicted molar refractivity (Wildman–Crippen MR) is 311 cm³/mol. The van der Waals surface area contributed by atoms with E-state index in [1.165, 1.54) is 0 Å². The molecule has 21 nitrogen and oxygen atoms in total. The topological polar surface area (TPSA) is 327 Å². The summed E-state index contributed by atoms with van der Waals surface area (Å²) in [6.45, 7) is 17.6. The monoisotopic (exact) mass is 1140 g/mol. The molecule has 0 spiro atoms. The number of hydrogen-bond donors (Lipinski definition) is 10. The number of thioether (sulfide) groups is 2. The average Bonchev–Trinajstić information content (AvgIpc) is 3.40. The van der Waals surface area contributed by atoms with Crippen molar-refractivity contribution in [2.45, 2.75) is 180 Å². The highest BCUT2D eigenvalue weighted by atomic mass is 32.2. The van der Waals surface area contributed by atoms with E-state index >= 15 is 0 Å². The Morgan fingerprint density at radius 2 is 1.36 bits per heavy atom. The molecule has 0 radical (unpaired) electrons. The van der Waals surface area contributed by atoms with Crippen LogP contribution in [0.1, 0.15) is 156 Å². The van der Waals surface area contributed by atoms with Crippen molar-refractivity contribution in [1.29, 1.82) is 0 Å². The van der Waals surface area contributed by atoms with E-state index in [1.807, 2.05) is 45.9 Å². The van der Waals surface area contributed by atoms with Crippen molar-refractivity contribution in [3.05, 3.63) is 29.6 Å². The van der Waals surface area contributed by atoms with Crippen LogP contribution in [0.5, 0.6) is 0 Å². The number of carbonyl (C=O) groups excluding carboxylic acids is 8. The largest absolute Gasteiger partial charge is 0.400 e. The first kappa shape index (κ1) is 73.5. The number of primary amides is 2. The molecule has 8 amide bonds. The van der Waals surface area contributed by atoms with E-state index in [-0.39, 0.29) is 92.9 Å². The van der Waals surface area contributed by atoms with Crippen LogP contribution in [0.3, 0.4) is 0 Å². The minimum absolute atomic E-state index is 0.00458. The van der Waals surface area contributed by atoms with Gasteiger partial charge in [-0.15, -0.1) is 0 Å². The number of likely N-dealkylation sites (tertiary alicyclic amines) is 1. The maximum atomic E-state index is 13.9.